The van der Waals surface area contributed by atoms with E-state index in [0.717, 1.165) is 34.4 Å². The Balaban J connectivity index is 1.57. The predicted molar refractivity (Wildman–Crippen MR) is 95.7 cm³/mol. The standard InChI is InChI=1S/C18H21N3OS/c22-17(21-20-15-9-3-1-2-4-10-15)13-23-16-11-5-7-14-8-6-12-19-18(14)16/h5-8,11-12H,1-4,9-10,13H2,(H,21,22). The quantitative estimate of drug-likeness (QED) is 0.521. The van der Waals surface area contributed by atoms with Gasteiger partial charge in [-0.15, -0.1) is 11.8 Å². The van der Waals surface area contributed by atoms with Gasteiger partial charge in [-0.1, -0.05) is 31.0 Å². The van der Waals surface area contributed by atoms with Crippen molar-refractivity contribution < 1.29 is 4.79 Å². The second kappa shape index (κ2) is 8.11. The van der Waals surface area contributed by atoms with Crippen LogP contribution < -0.4 is 5.43 Å². The van der Waals surface area contributed by atoms with Gasteiger partial charge in [-0.3, -0.25) is 9.78 Å². The number of rotatable bonds is 4. The van der Waals surface area contributed by atoms with Crippen molar-refractivity contribution in [2.45, 2.75) is 43.4 Å². The first-order chi connectivity index (χ1) is 11.3. The number of para-hydroxylation sites is 1. The van der Waals surface area contributed by atoms with Crippen LogP contribution in [0.25, 0.3) is 10.9 Å². The van der Waals surface area contributed by atoms with Gasteiger partial charge in [0.2, 0.25) is 5.91 Å². The molecule has 0 atom stereocenters. The minimum atomic E-state index is -0.0559. The Morgan fingerprint density at radius 2 is 1.91 bits per heavy atom. The lowest BCUT2D eigenvalue weighted by molar-refractivity contribution is -0.118. The monoisotopic (exact) mass is 327 g/mol. The van der Waals surface area contributed by atoms with E-state index in [2.05, 4.69) is 15.5 Å². The van der Waals surface area contributed by atoms with Crippen LogP contribution in [0.1, 0.15) is 38.5 Å². The summed E-state index contributed by atoms with van der Waals surface area (Å²) >= 11 is 1.50. The summed E-state index contributed by atoms with van der Waals surface area (Å²) in [5.41, 5.74) is 4.79. The van der Waals surface area contributed by atoms with Crippen molar-refractivity contribution >= 4 is 34.3 Å². The summed E-state index contributed by atoms with van der Waals surface area (Å²) in [5, 5.41) is 5.40. The van der Waals surface area contributed by atoms with Gasteiger partial charge in [0.15, 0.2) is 0 Å². The number of carbonyl (C=O) groups excluding carboxylic acids is 1. The average molecular weight is 327 g/mol. The van der Waals surface area contributed by atoms with E-state index in [9.17, 15) is 4.79 Å². The highest BCUT2D eigenvalue weighted by Crippen LogP contribution is 2.25. The molecule has 0 radical (unpaired) electrons. The Labute approximate surface area is 140 Å². The van der Waals surface area contributed by atoms with Crippen LogP contribution in [0.3, 0.4) is 0 Å². The first kappa shape index (κ1) is 16.0. The number of hydrazone groups is 1. The van der Waals surface area contributed by atoms with E-state index in [0.29, 0.717) is 5.75 Å². The zero-order valence-corrected chi connectivity index (χ0v) is 13.9. The number of fused-ring (bicyclic) bond motifs is 1. The van der Waals surface area contributed by atoms with Crippen LogP contribution in [0.2, 0.25) is 0 Å². The maximum absolute atomic E-state index is 12.0. The molecule has 1 aromatic carbocycles. The van der Waals surface area contributed by atoms with Gasteiger partial charge in [0.05, 0.1) is 11.3 Å². The van der Waals surface area contributed by atoms with Gasteiger partial charge in [-0.05, 0) is 37.8 Å². The van der Waals surface area contributed by atoms with Crippen molar-refractivity contribution in [3.63, 3.8) is 0 Å². The maximum atomic E-state index is 12.0. The number of benzene rings is 1. The molecular formula is C18H21N3OS. The molecule has 0 unspecified atom stereocenters. The van der Waals surface area contributed by atoms with E-state index >= 15 is 0 Å². The van der Waals surface area contributed by atoms with Crippen LogP contribution in [-0.4, -0.2) is 22.4 Å². The molecule has 120 valence electrons. The van der Waals surface area contributed by atoms with E-state index in [1.807, 2.05) is 30.3 Å². The third kappa shape index (κ3) is 4.55. The molecule has 1 N–H and O–H groups in total. The summed E-state index contributed by atoms with van der Waals surface area (Å²) in [7, 11) is 0. The summed E-state index contributed by atoms with van der Waals surface area (Å²) in [6.07, 6.45) is 8.73. The van der Waals surface area contributed by atoms with E-state index < -0.39 is 0 Å². The lowest BCUT2D eigenvalue weighted by atomic mass is 10.2. The van der Waals surface area contributed by atoms with Crippen LogP contribution in [-0.2, 0) is 4.79 Å². The average Bonchev–Trinajstić information content (AvgIpc) is 2.87. The Morgan fingerprint density at radius 3 is 2.74 bits per heavy atom. The molecule has 4 nitrogen and oxygen atoms in total. The molecule has 1 fully saturated rings. The number of hydrogen-bond donors (Lipinski definition) is 1. The Kier molecular flexibility index (Phi) is 5.64. The summed E-state index contributed by atoms with van der Waals surface area (Å²) in [4.78, 5) is 17.5. The number of hydrogen-bond acceptors (Lipinski definition) is 4. The molecule has 1 aromatic heterocycles. The molecule has 2 aromatic rings. The second-order valence-corrected chi connectivity index (χ2v) is 6.76. The number of amides is 1. The molecule has 23 heavy (non-hydrogen) atoms. The maximum Gasteiger partial charge on any atom is 0.250 e. The van der Waals surface area contributed by atoms with Crippen molar-refractivity contribution in [3.8, 4) is 0 Å². The molecule has 1 heterocycles. The third-order valence-electron chi connectivity index (χ3n) is 3.97. The highest BCUT2D eigenvalue weighted by Gasteiger charge is 2.08. The minimum absolute atomic E-state index is 0.0559. The number of aromatic nitrogens is 1. The number of nitrogens with zero attached hydrogens (tertiary/aromatic N) is 2. The van der Waals surface area contributed by atoms with Crippen molar-refractivity contribution in [2.75, 3.05) is 5.75 Å². The number of pyridine rings is 1. The largest absolute Gasteiger partial charge is 0.272 e. The molecule has 1 amide bonds. The van der Waals surface area contributed by atoms with E-state index in [-0.39, 0.29) is 5.91 Å². The molecular weight excluding hydrogens is 306 g/mol. The summed E-state index contributed by atoms with van der Waals surface area (Å²) in [6, 6.07) is 9.99. The van der Waals surface area contributed by atoms with Gasteiger partial charge in [-0.2, -0.15) is 5.10 Å². The van der Waals surface area contributed by atoms with Crippen LogP contribution >= 0.6 is 11.8 Å². The summed E-state index contributed by atoms with van der Waals surface area (Å²) in [5.74, 6) is 0.298. The fraction of sp³-hybridized carbons (Fsp3) is 0.389. The van der Waals surface area contributed by atoms with Gasteiger partial charge in [0.1, 0.15) is 0 Å². The Hall–Kier alpha value is -1.88. The van der Waals surface area contributed by atoms with Crippen LogP contribution in [0.15, 0.2) is 46.5 Å². The van der Waals surface area contributed by atoms with Gasteiger partial charge in [-0.25, -0.2) is 5.43 Å². The van der Waals surface area contributed by atoms with Gasteiger partial charge in [0, 0.05) is 22.2 Å². The summed E-state index contributed by atoms with van der Waals surface area (Å²) in [6.45, 7) is 0. The fourth-order valence-corrected chi connectivity index (χ4v) is 3.59. The molecule has 0 saturated heterocycles. The topological polar surface area (TPSA) is 54.4 Å². The highest BCUT2D eigenvalue weighted by atomic mass is 32.2. The van der Waals surface area contributed by atoms with Crippen molar-refractivity contribution in [1.29, 1.82) is 0 Å². The van der Waals surface area contributed by atoms with Gasteiger partial charge in [0.25, 0.3) is 0 Å². The molecule has 1 aliphatic rings. The fourth-order valence-electron chi connectivity index (χ4n) is 2.76. The zero-order valence-electron chi connectivity index (χ0n) is 13.1. The van der Waals surface area contributed by atoms with Crippen molar-refractivity contribution in [3.05, 3.63) is 36.5 Å². The Bertz CT molecular complexity index is 699. The molecule has 0 aliphatic heterocycles. The SMILES string of the molecule is O=C(CSc1cccc2cccnc12)NN=C1CCCCCC1. The number of thioether (sulfide) groups is 1. The molecule has 0 bridgehead atoms. The number of carbonyl (C=O) groups is 1. The van der Waals surface area contributed by atoms with Gasteiger partial charge >= 0.3 is 0 Å². The Morgan fingerprint density at radius 1 is 1.13 bits per heavy atom. The van der Waals surface area contributed by atoms with Gasteiger partial charge < -0.3 is 0 Å². The van der Waals surface area contributed by atoms with Crippen molar-refractivity contribution in [2.24, 2.45) is 5.10 Å². The molecule has 0 spiro atoms. The zero-order chi connectivity index (χ0) is 15.9. The third-order valence-corrected chi connectivity index (χ3v) is 5.02. The smallest absolute Gasteiger partial charge is 0.250 e. The van der Waals surface area contributed by atoms with E-state index in [1.165, 1.54) is 37.4 Å². The first-order valence-corrected chi connectivity index (χ1v) is 9.12. The highest BCUT2D eigenvalue weighted by molar-refractivity contribution is 8.00. The van der Waals surface area contributed by atoms with Crippen LogP contribution in [0.5, 0.6) is 0 Å². The molecule has 1 saturated carbocycles. The number of nitrogens with one attached hydrogen (secondary N) is 1. The second-order valence-electron chi connectivity index (χ2n) is 5.75. The van der Waals surface area contributed by atoms with Crippen molar-refractivity contribution in [1.82, 2.24) is 10.4 Å². The molecule has 5 heteroatoms. The van der Waals surface area contributed by atoms with Crippen LogP contribution in [0, 0.1) is 0 Å². The van der Waals surface area contributed by atoms with E-state index in [4.69, 9.17) is 0 Å². The lowest BCUT2D eigenvalue weighted by Gasteiger charge is -2.06. The normalized spacial score (nSPS) is 15.2. The molecule has 1 aliphatic carbocycles. The lowest BCUT2D eigenvalue weighted by Crippen LogP contribution is -2.21. The molecule has 3 rings (SSSR count). The van der Waals surface area contributed by atoms with E-state index in [1.54, 1.807) is 6.20 Å². The minimum Gasteiger partial charge on any atom is -0.272 e. The first-order valence-electron chi connectivity index (χ1n) is 8.14. The predicted octanol–water partition coefficient (Wildman–Crippen LogP) is 4.15. The van der Waals surface area contributed by atoms with Crippen LogP contribution in [0.4, 0.5) is 0 Å². The summed E-state index contributed by atoms with van der Waals surface area (Å²) < 4.78 is 0.